The summed E-state index contributed by atoms with van der Waals surface area (Å²) < 4.78 is 4.80. The Hall–Kier alpha value is -3.15. The number of rotatable bonds is 3. The molecule has 0 unspecified atom stereocenters. The number of nitrogens with zero attached hydrogens (tertiary/aromatic N) is 1. The Kier molecular flexibility index (Phi) is 3.95. The van der Waals surface area contributed by atoms with Crippen molar-refractivity contribution in [1.82, 2.24) is 4.90 Å². The number of benzene rings is 2. The average Bonchev–Trinajstić information content (AvgIpc) is 2.99. The van der Waals surface area contributed by atoms with E-state index in [0.29, 0.717) is 17.8 Å². The Morgan fingerprint density at radius 2 is 1.96 bits per heavy atom. The Morgan fingerprint density at radius 3 is 2.69 bits per heavy atom. The molecular weight excluding hydrogens is 332 g/mol. The summed E-state index contributed by atoms with van der Waals surface area (Å²) >= 11 is 0. The van der Waals surface area contributed by atoms with Crippen LogP contribution in [-0.4, -0.2) is 29.8 Å². The number of fused-ring (bicyclic) bond motifs is 3. The number of likely N-dealkylation sites (tertiary alicyclic amines) is 1. The standard InChI is InChI=1S/C20H18N2O4/c1-26-20(25)13-7-8-16-14(9-13)18-15(19(24)21-16)10-17(23)22(18)11-12-5-3-2-4-6-12/h2-9,15,18H,10-11H2,1H3,(H,21,24)/t15-,18-/m1/s1. The van der Waals surface area contributed by atoms with E-state index < -0.39 is 11.9 Å². The quantitative estimate of drug-likeness (QED) is 0.863. The second-order valence-electron chi connectivity index (χ2n) is 6.55. The van der Waals surface area contributed by atoms with Crippen LogP contribution in [0.4, 0.5) is 5.69 Å². The zero-order chi connectivity index (χ0) is 18.3. The second-order valence-corrected chi connectivity index (χ2v) is 6.55. The summed E-state index contributed by atoms with van der Waals surface area (Å²) in [4.78, 5) is 38.7. The predicted octanol–water partition coefficient (Wildman–Crippen LogP) is 2.52. The molecule has 0 aromatic heterocycles. The molecule has 1 fully saturated rings. The summed E-state index contributed by atoms with van der Waals surface area (Å²) in [5.74, 6) is -1.11. The zero-order valence-corrected chi connectivity index (χ0v) is 14.3. The highest BCUT2D eigenvalue weighted by atomic mass is 16.5. The van der Waals surface area contributed by atoms with Crippen molar-refractivity contribution in [1.29, 1.82) is 0 Å². The molecule has 4 rings (SSSR count). The lowest BCUT2D eigenvalue weighted by atomic mass is 9.87. The van der Waals surface area contributed by atoms with Crippen molar-refractivity contribution in [2.45, 2.75) is 19.0 Å². The maximum atomic E-state index is 12.6. The molecule has 2 amide bonds. The van der Waals surface area contributed by atoms with E-state index in [9.17, 15) is 14.4 Å². The van der Waals surface area contributed by atoms with Crippen LogP contribution < -0.4 is 5.32 Å². The first-order chi connectivity index (χ1) is 12.6. The minimum Gasteiger partial charge on any atom is -0.465 e. The van der Waals surface area contributed by atoms with E-state index in [1.54, 1.807) is 23.1 Å². The number of carbonyl (C=O) groups is 3. The molecule has 26 heavy (non-hydrogen) atoms. The Morgan fingerprint density at radius 1 is 1.19 bits per heavy atom. The molecule has 0 spiro atoms. The molecule has 132 valence electrons. The largest absolute Gasteiger partial charge is 0.465 e. The van der Waals surface area contributed by atoms with Gasteiger partial charge in [-0.3, -0.25) is 9.59 Å². The third-order valence-corrected chi connectivity index (χ3v) is 5.01. The highest BCUT2D eigenvalue weighted by Crippen LogP contribution is 2.45. The van der Waals surface area contributed by atoms with Gasteiger partial charge in [0.25, 0.3) is 0 Å². The van der Waals surface area contributed by atoms with Gasteiger partial charge in [0.2, 0.25) is 11.8 Å². The lowest BCUT2D eigenvalue weighted by molar-refractivity contribution is -0.129. The summed E-state index contributed by atoms with van der Waals surface area (Å²) in [6.45, 7) is 0.427. The zero-order valence-electron chi connectivity index (χ0n) is 14.3. The van der Waals surface area contributed by atoms with Crippen LogP contribution in [0.25, 0.3) is 0 Å². The van der Waals surface area contributed by atoms with Crippen molar-refractivity contribution in [3.8, 4) is 0 Å². The van der Waals surface area contributed by atoms with Crippen LogP contribution >= 0.6 is 0 Å². The van der Waals surface area contributed by atoms with Gasteiger partial charge in [0.1, 0.15) is 0 Å². The topological polar surface area (TPSA) is 75.7 Å². The number of ether oxygens (including phenoxy) is 1. The normalized spacial score (nSPS) is 21.0. The van der Waals surface area contributed by atoms with Gasteiger partial charge in [-0.25, -0.2) is 4.79 Å². The lowest BCUT2D eigenvalue weighted by Crippen LogP contribution is -2.36. The Labute approximate surface area is 150 Å². The molecule has 0 saturated carbocycles. The summed E-state index contributed by atoms with van der Waals surface area (Å²) in [6.07, 6.45) is 0.172. The van der Waals surface area contributed by atoms with Gasteiger partial charge >= 0.3 is 5.97 Å². The predicted molar refractivity (Wildman–Crippen MR) is 94.3 cm³/mol. The fourth-order valence-corrected chi connectivity index (χ4v) is 3.77. The fourth-order valence-electron chi connectivity index (χ4n) is 3.77. The summed E-state index contributed by atoms with van der Waals surface area (Å²) in [5, 5.41) is 2.85. The number of nitrogens with one attached hydrogen (secondary N) is 1. The number of methoxy groups -OCH3 is 1. The van der Waals surface area contributed by atoms with Crippen LogP contribution in [0, 0.1) is 5.92 Å². The number of hydrogen-bond donors (Lipinski definition) is 1. The van der Waals surface area contributed by atoms with Gasteiger partial charge in [0, 0.05) is 18.7 Å². The molecule has 1 N–H and O–H groups in total. The molecule has 2 aromatic rings. The maximum Gasteiger partial charge on any atom is 0.337 e. The number of esters is 1. The van der Waals surface area contributed by atoms with Gasteiger partial charge in [-0.1, -0.05) is 30.3 Å². The number of hydrogen-bond acceptors (Lipinski definition) is 4. The summed E-state index contributed by atoms with van der Waals surface area (Å²) in [6, 6.07) is 14.3. The van der Waals surface area contributed by atoms with Crippen LogP contribution in [0.3, 0.4) is 0 Å². The summed E-state index contributed by atoms with van der Waals surface area (Å²) in [5.41, 5.74) is 2.81. The number of carbonyl (C=O) groups excluding carboxylic acids is 3. The first kappa shape index (κ1) is 16.3. The molecule has 2 aliphatic heterocycles. The van der Waals surface area contributed by atoms with E-state index in [2.05, 4.69) is 5.32 Å². The second kappa shape index (κ2) is 6.29. The third kappa shape index (κ3) is 2.63. The molecule has 1 saturated heterocycles. The number of anilines is 1. The van der Waals surface area contributed by atoms with Crippen molar-refractivity contribution in [3.63, 3.8) is 0 Å². The van der Waals surface area contributed by atoms with Gasteiger partial charge in [-0.15, -0.1) is 0 Å². The van der Waals surface area contributed by atoms with E-state index >= 15 is 0 Å². The lowest BCUT2D eigenvalue weighted by Gasteiger charge is -2.33. The fraction of sp³-hybridized carbons (Fsp3) is 0.250. The highest BCUT2D eigenvalue weighted by Gasteiger charge is 2.48. The first-order valence-corrected chi connectivity index (χ1v) is 8.45. The first-order valence-electron chi connectivity index (χ1n) is 8.45. The highest BCUT2D eigenvalue weighted by molar-refractivity contribution is 6.02. The van der Waals surface area contributed by atoms with E-state index in [0.717, 1.165) is 11.1 Å². The molecule has 6 heteroatoms. The SMILES string of the molecule is COC(=O)c1ccc2c(c1)[C@@H]1[C@@H](CC(=O)N1Cc1ccccc1)C(=O)N2. The Balaban J connectivity index is 1.76. The molecule has 0 radical (unpaired) electrons. The molecule has 2 heterocycles. The van der Waals surface area contributed by atoms with Crippen LogP contribution in [0.1, 0.15) is 33.9 Å². The van der Waals surface area contributed by atoms with E-state index in [4.69, 9.17) is 4.74 Å². The van der Waals surface area contributed by atoms with Crippen LogP contribution in [-0.2, 0) is 20.9 Å². The molecule has 2 aliphatic rings. The van der Waals surface area contributed by atoms with Gasteiger partial charge in [0.15, 0.2) is 0 Å². The Bertz CT molecular complexity index is 894. The van der Waals surface area contributed by atoms with Crippen LogP contribution in [0.2, 0.25) is 0 Å². The van der Waals surface area contributed by atoms with E-state index in [1.807, 2.05) is 30.3 Å². The monoisotopic (exact) mass is 350 g/mol. The molecular formula is C20H18N2O4. The van der Waals surface area contributed by atoms with Crippen molar-refractivity contribution < 1.29 is 19.1 Å². The molecule has 2 aromatic carbocycles. The van der Waals surface area contributed by atoms with Gasteiger partial charge in [-0.05, 0) is 29.3 Å². The van der Waals surface area contributed by atoms with Crippen molar-refractivity contribution in [2.24, 2.45) is 5.92 Å². The van der Waals surface area contributed by atoms with Crippen molar-refractivity contribution in [3.05, 3.63) is 65.2 Å². The van der Waals surface area contributed by atoms with E-state index in [-0.39, 0.29) is 24.3 Å². The molecule has 0 bridgehead atoms. The summed E-state index contributed by atoms with van der Waals surface area (Å²) in [7, 11) is 1.33. The van der Waals surface area contributed by atoms with Crippen LogP contribution in [0.15, 0.2) is 48.5 Å². The third-order valence-electron chi connectivity index (χ3n) is 5.01. The minimum atomic E-state index is -0.452. The van der Waals surface area contributed by atoms with E-state index in [1.165, 1.54) is 7.11 Å². The molecule has 6 nitrogen and oxygen atoms in total. The van der Waals surface area contributed by atoms with Gasteiger partial charge in [-0.2, -0.15) is 0 Å². The van der Waals surface area contributed by atoms with Crippen molar-refractivity contribution in [2.75, 3.05) is 12.4 Å². The van der Waals surface area contributed by atoms with Gasteiger partial charge < -0.3 is 15.0 Å². The molecule has 2 atom stereocenters. The maximum absolute atomic E-state index is 12.6. The minimum absolute atomic E-state index is 0.0599. The van der Waals surface area contributed by atoms with Gasteiger partial charge in [0.05, 0.1) is 24.6 Å². The molecule has 0 aliphatic carbocycles. The van der Waals surface area contributed by atoms with Crippen LogP contribution in [0.5, 0.6) is 0 Å². The average molecular weight is 350 g/mol. The number of amides is 2. The smallest absolute Gasteiger partial charge is 0.337 e. The van der Waals surface area contributed by atoms with Crippen molar-refractivity contribution >= 4 is 23.5 Å².